The van der Waals surface area contributed by atoms with E-state index in [1.807, 2.05) is 6.92 Å². The maximum atomic E-state index is 13.7. The van der Waals surface area contributed by atoms with Gasteiger partial charge >= 0.3 is 0 Å². The van der Waals surface area contributed by atoms with Gasteiger partial charge in [0.25, 0.3) is 0 Å². The van der Waals surface area contributed by atoms with E-state index in [4.69, 9.17) is 9.47 Å². The molecule has 1 saturated carbocycles. The molecule has 0 aliphatic heterocycles. The van der Waals surface area contributed by atoms with Crippen LogP contribution in [0.2, 0.25) is 0 Å². The number of hydrogen-bond acceptors (Lipinski definition) is 2. The second-order valence-electron chi connectivity index (χ2n) is 4.44. The fourth-order valence-electron chi connectivity index (χ4n) is 1.90. The largest absolute Gasteiger partial charge is 0.483 e. The lowest BCUT2D eigenvalue weighted by atomic mass is 9.91. The van der Waals surface area contributed by atoms with Crippen molar-refractivity contribution in [2.24, 2.45) is 0 Å². The van der Waals surface area contributed by atoms with Gasteiger partial charge in [0, 0.05) is 23.9 Å². The molecule has 0 amide bonds. The molecule has 1 aromatic rings. The smallest absolute Gasteiger partial charge is 0.169 e. The Labute approximate surface area is 127 Å². The molecule has 0 bridgehead atoms. The highest BCUT2D eigenvalue weighted by Gasteiger charge is 2.42. The Balaban J connectivity index is 2.05. The molecule has 1 fully saturated rings. The Morgan fingerprint density at radius 1 is 1.37 bits per heavy atom. The van der Waals surface area contributed by atoms with Crippen molar-refractivity contribution in [3.05, 3.63) is 28.2 Å². The van der Waals surface area contributed by atoms with Gasteiger partial charge in [-0.15, -0.1) is 0 Å². The lowest BCUT2D eigenvalue weighted by molar-refractivity contribution is -0.0775. The van der Waals surface area contributed by atoms with Crippen molar-refractivity contribution in [2.75, 3.05) is 6.61 Å². The summed E-state index contributed by atoms with van der Waals surface area (Å²) in [5.74, 6) is -1.31. The molecule has 2 nitrogen and oxygen atoms in total. The lowest BCUT2D eigenvalue weighted by Gasteiger charge is -2.41. The minimum atomic E-state index is -0.709. The summed E-state index contributed by atoms with van der Waals surface area (Å²) in [6, 6.07) is 2.00. The Morgan fingerprint density at radius 2 is 2.11 bits per heavy atom. The van der Waals surface area contributed by atoms with Gasteiger partial charge in [-0.3, -0.25) is 0 Å². The molecule has 2 rings (SSSR count). The average molecular weight is 400 g/mol. The number of rotatable bonds is 5. The summed E-state index contributed by atoms with van der Waals surface area (Å²) in [4.78, 5) is 0.214. The highest BCUT2D eigenvalue weighted by molar-refractivity contribution is 9.10. The fourth-order valence-corrected chi connectivity index (χ4v) is 3.26. The summed E-state index contributed by atoms with van der Waals surface area (Å²) in [6.07, 6.45) is 1.33. The average Bonchev–Trinajstić information content (AvgIpc) is 2.32. The van der Waals surface area contributed by atoms with Crippen molar-refractivity contribution < 1.29 is 18.3 Å². The van der Waals surface area contributed by atoms with Crippen LogP contribution in [0.15, 0.2) is 16.6 Å². The normalized spacial score (nSPS) is 26.1. The third kappa shape index (κ3) is 3.47. The zero-order valence-electron chi connectivity index (χ0n) is 10.3. The van der Waals surface area contributed by atoms with Gasteiger partial charge in [-0.2, -0.15) is 0 Å². The first-order chi connectivity index (χ1) is 9.02. The number of benzene rings is 1. The van der Waals surface area contributed by atoms with Gasteiger partial charge in [0.2, 0.25) is 0 Å². The van der Waals surface area contributed by atoms with Crippen LogP contribution >= 0.6 is 31.9 Å². The van der Waals surface area contributed by atoms with Crippen LogP contribution < -0.4 is 4.74 Å². The zero-order chi connectivity index (χ0) is 14.0. The minimum absolute atomic E-state index is 0.0379. The van der Waals surface area contributed by atoms with Crippen LogP contribution in [-0.2, 0) is 4.74 Å². The van der Waals surface area contributed by atoms with Crippen LogP contribution in [0.3, 0.4) is 0 Å². The predicted molar refractivity (Wildman–Crippen MR) is 75.8 cm³/mol. The van der Waals surface area contributed by atoms with Crippen LogP contribution in [0.25, 0.3) is 0 Å². The quantitative estimate of drug-likeness (QED) is 0.681. The first-order valence-corrected chi connectivity index (χ1v) is 7.80. The second-order valence-corrected chi connectivity index (χ2v) is 6.47. The van der Waals surface area contributed by atoms with Crippen LogP contribution in [0.4, 0.5) is 8.78 Å². The number of halogens is 4. The maximum absolute atomic E-state index is 13.7. The maximum Gasteiger partial charge on any atom is 0.169 e. The van der Waals surface area contributed by atoms with Crippen molar-refractivity contribution in [3.63, 3.8) is 0 Å². The molecular weight excluding hydrogens is 386 g/mol. The predicted octanol–water partition coefficient (Wildman–Crippen LogP) is 4.44. The van der Waals surface area contributed by atoms with Crippen LogP contribution in [-0.4, -0.2) is 23.6 Å². The summed E-state index contributed by atoms with van der Waals surface area (Å²) < 4.78 is 38.2. The Bertz CT molecular complexity index is 433. The molecule has 1 aromatic carbocycles. The standard InChI is InChI=1S/C13H14Br2F2O2/c1-2-3-18-13-9(15)6-11(13)19-12-8(14)4-7(16)5-10(12)17/h4-5,9,11,13H,2-3,6H2,1H3. The van der Waals surface area contributed by atoms with Gasteiger partial charge in [0.05, 0.1) is 4.47 Å². The number of alkyl halides is 1. The Kier molecular flexibility index (Phi) is 5.20. The van der Waals surface area contributed by atoms with Gasteiger partial charge in [-0.05, 0) is 28.4 Å². The molecule has 1 aliphatic rings. The molecule has 0 heterocycles. The molecule has 19 heavy (non-hydrogen) atoms. The zero-order valence-corrected chi connectivity index (χ0v) is 13.5. The number of hydrogen-bond donors (Lipinski definition) is 0. The van der Waals surface area contributed by atoms with E-state index >= 15 is 0 Å². The van der Waals surface area contributed by atoms with E-state index in [0.29, 0.717) is 6.61 Å². The topological polar surface area (TPSA) is 18.5 Å². The Hall–Kier alpha value is -0.200. The van der Waals surface area contributed by atoms with Crippen molar-refractivity contribution in [2.45, 2.75) is 36.8 Å². The summed E-state index contributed by atoms with van der Waals surface area (Å²) >= 11 is 6.60. The molecule has 0 N–H and O–H groups in total. The summed E-state index contributed by atoms with van der Waals surface area (Å²) in [7, 11) is 0. The monoisotopic (exact) mass is 398 g/mol. The molecule has 6 heteroatoms. The highest BCUT2D eigenvalue weighted by Crippen LogP contribution is 2.37. The molecule has 106 valence electrons. The van der Waals surface area contributed by atoms with E-state index in [2.05, 4.69) is 31.9 Å². The van der Waals surface area contributed by atoms with Gasteiger partial charge < -0.3 is 9.47 Å². The highest BCUT2D eigenvalue weighted by atomic mass is 79.9. The van der Waals surface area contributed by atoms with Crippen molar-refractivity contribution in [3.8, 4) is 5.75 Å². The molecule has 0 radical (unpaired) electrons. The van der Waals surface area contributed by atoms with Crippen LogP contribution in [0, 0.1) is 11.6 Å². The van der Waals surface area contributed by atoms with Crippen LogP contribution in [0.1, 0.15) is 19.8 Å². The van der Waals surface area contributed by atoms with Crippen LogP contribution in [0.5, 0.6) is 5.75 Å². The first kappa shape index (κ1) is 15.2. The number of ether oxygens (including phenoxy) is 2. The second kappa shape index (κ2) is 6.50. The van der Waals surface area contributed by atoms with E-state index in [-0.39, 0.29) is 27.3 Å². The van der Waals surface area contributed by atoms with E-state index < -0.39 is 11.6 Å². The van der Waals surface area contributed by atoms with Gasteiger partial charge in [0.1, 0.15) is 18.0 Å². The summed E-state index contributed by atoms with van der Waals surface area (Å²) in [5.41, 5.74) is 0. The van der Waals surface area contributed by atoms with E-state index in [9.17, 15) is 8.78 Å². The van der Waals surface area contributed by atoms with Gasteiger partial charge in [0.15, 0.2) is 11.6 Å². The first-order valence-electron chi connectivity index (χ1n) is 6.09. The van der Waals surface area contributed by atoms with Gasteiger partial charge in [-0.1, -0.05) is 22.9 Å². The van der Waals surface area contributed by atoms with E-state index in [1.165, 1.54) is 6.07 Å². The summed E-state index contributed by atoms with van der Waals surface area (Å²) in [6.45, 7) is 2.66. The SMILES string of the molecule is CCCOC1C(Br)CC1Oc1c(F)cc(F)cc1Br. The fraction of sp³-hybridized carbons (Fsp3) is 0.538. The van der Waals surface area contributed by atoms with Crippen molar-refractivity contribution >= 4 is 31.9 Å². The molecule has 0 spiro atoms. The molecule has 0 aromatic heterocycles. The van der Waals surface area contributed by atoms with Crippen molar-refractivity contribution in [1.29, 1.82) is 0 Å². The van der Waals surface area contributed by atoms with E-state index in [0.717, 1.165) is 18.9 Å². The third-order valence-electron chi connectivity index (χ3n) is 2.93. The molecule has 3 unspecified atom stereocenters. The molecule has 0 saturated heterocycles. The molecule has 3 atom stereocenters. The minimum Gasteiger partial charge on any atom is -0.483 e. The van der Waals surface area contributed by atoms with Crippen molar-refractivity contribution in [1.82, 2.24) is 0 Å². The molecular formula is C13H14Br2F2O2. The Morgan fingerprint density at radius 3 is 2.68 bits per heavy atom. The summed E-state index contributed by atoms with van der Waals surface area (Å²) in [5, 5.41) is 0. The lowest BCUT2D eigenvalue weighted by Crippen LogP contribution is -2.52. The van der Waals surface area contributed by atoms with E-state index in [1.54, 1.807) is 0 Å². The molecule has 1 aliphatic carbocycles. The third-order valence-corrected chi connectivity index (χ3v) is 4.41. The van der Waals surface area contributed by atoms with Gasteiger partial charge in [-0.25, -0.2) is 8.78 Å².